The highest BCUT2D eigenvalue weighted by Crippen LogP contribution is 2.34. The predicted octanol–water partition coefficient (Wildman–Crippen LogP) is 4.13. The fourth-order valence-corrected chi connectivity index (χ4v) is 6.06. The third-order valence-electron chi connectivity index (χ3n) is 6.88. The van der Waals surface area contributed by atoms with Gasteiger partial charge >= 0.3 is 0 Å². The van der Waals surface area contributed by atoms with Crippen molar-refractivity contribution in [3.8, 4) is 5.75 Å². The second-order valence-corrected chi connectivity index (χ2v) is 11.1. The Balaban J connectivity index is 1.47. The summed E-state index contributed by atoms with van der Waals surface area (Å²) in [5, 5.41) is 16.1. The van der Waals surface area contributed by atoms with E-state index < -0.39 is 0 Å². The lowest BCUT2D eigenvalue weighted by atomic mass is 9.90. The number of rotatable bonds is 7. The van der Waals surface area contributed by atoms with Crippen molar-refractivity contribution in [2.75, 3.05) is 20.3 Å². The number of methoxy groups -OCH3 is 1. The molecule has 0 bridgehead atoms. The fourth-order valence-electron chi connectivity index (χ4n) is 4.81. The minimum absolute atomic E-state index is 0.0188. The molecular formula is C27H31N3O3S. The zero-order valence-electron chi connectivity index (χ0n) is 19.9. The first-order valence-electron chi connectivity index (χ1n) is 11.8. The molecule has 1 atom stereocenters. The van der Waals surface area contributed by atoms with E-state index in [0.717, 1.165) is 63.7 Å². The number of ether oxygens (including phenoxy) is 1. The second-order valence-electron chi connectivity index (χ2n) is 9.97. The van der Waals surface area contributed by atoms with Crippen molar-refractivity contribution in [2.24, 2.45) is 5.41 Å². The number of hydrogen-bond donors (Lipinski definition) is 2. The molecule has 6 nitrogen and oxygen atoms in total. The van der Waals surface area contributed by atoms with Crippen molar-refractivity contribution in [1.29, 1.82) is 0 Å². The monoisotopic (exact) mass is 477 g/mol. The van der Waals surface area contributed by atoms with Crippen molar-refractivity contribution >= 4 is 32.3 Å². The fraction of sp³-hybridized carbons (Fsp3) is 0.407. The number of aryl methyl sites for hydroxylation is 1. The molecule has 1 unspecified atom stereocenters. The van der Waals surface area contributed by atoms with E-state index in [4.69, 9.17) is 4.74 Å². The van der Waals surface area contributed by atoms with Crippen LogP contribution in [0.15, 0.2) is 47.5 Å². The maximum atomic E-state index is 13.6. The SMILES string of the molecule is COc1ccc2ccccc2c1Cn1cnc2sc3c(c2c1=O)CCC(NCC(C)(C)CO)C3. The van der Waals surface area contributed by atoms with Crippen LogP contribution in [-0.2, 0) is 19.4 Å². The average Bonchev–Trinajstić information content (AvgIpc) is 3.23. The van der Waals surface area contributed by atoms with E-state index in [1.54, 1.807) is 29.3 Å². The van der Waals surface area contributed by atoms with Gasteiger partial charge in [-0.3, -0.25) is 9.36 Å². The van der Waals surface area contributed by atoms with Gasteiger partial charge < -0.3 is 15.2 Å². The normalized spacial score (nSPS) is 16.2. The Hall–Kier alpha value is -2.74. The molecule has 0 fully saturated rings. The van der Waals surface area contributed by atoms with Crippen molar-refractivity contribution in [1.82, 2.24) is 14.9 Å². The molecule has 178 valence electrons. The molecule has 1 aliphatic rings. The van der Waals surface area contributed by atoms with E-state index in [9.17, 15) is 9.90 Å². The molecule has 4 aromatic rings. The summed E-state index contributed by atoms with van der Waals surface area (Å²) < 4.78 is 7.35. The lowest BCUT2D eigenvalue weighted by Crippen LogP contribution is -2.41. The van der Waals surface area contributed by atoms with Crippen molar-refractivity contribution in [3.05, 3.63) is 69.1 Å². The zero-order chi connectivity index (χ0) is 23.9. The van der Waals surface area contributed by atoms with Crippen LogP contribution in [0.2, 0.25) is 0 Å². The molecule has 0 saturated heterocycles. The van der Waals surface area contributed by atoms with Crippen LogP contribution < -0.4 is 15.6 Å². The minimum atomic E-state index is -0.140. The van der Waals surface area contributed by atoms with E-state index in [0.29, 0.717) is 12.6 Å². The Morgan fingerprint density at radius 2 is 2.09 bits per heavy atom. The standard InChI is InChI=1S/C27H31N3O3S/c1-27(2,15-31)14-28-18-9-10-20-23(12-18)34-25-24(20)26(32)30(16-29-25)13-21-19-7-5-4-6-17(19)8-11-22(21)33-3/h4-8,11,16,18,28,31H,9-10,12-15H2,1-3H3. The molecule has 1 aliphatic carbocycles. The van der Waals surface area contributed by atoms with Crippen molar-refractivity contribution < 1.29 is 9.84 Å². The molecule has 0 saturated carbocycles. The average molecular weight is 478 g/mol. The van der Waals surface area contributed by atoms with E-state index in [1.165, 1.54) is 4.88 Å². The number of aliphatic hydroxyl groups is 1. The topological polar surface area (TPSA) is 76.4 Å². The van der Waals surface area contributed by atoms with Gasteiger partial charge in [-0.15, -0.1) is 11.3 Å². The molecule has 0 aliphatic heterocycles. The number of nitrogens with zero attached hydrogens (tertiary/aromatic N) is 2. The van der Waals surface area contributed by atoms with Crippen LogP contribution in [0.4, 0.5) is 0 Å². The molecular weight excluding hydrogens is 446 g/mol. The number of fused-ring (bicyclic) bond motifs is 4. The van der Waals surface area contributed by atoms with Gasteiger partial charge in [0.05, 0.1) is 25.4 Å². The molecule has 0 radical (unpaired) electrons. The summed E-state index contributed by atoms with van der Waals surface area (Å²) in [5.74, 6) is 0.776. The lowest BCUT2D eigenvalue weighted by molar-refractivity contribution is 0.152. The van der Waals surface area contributed by atoms with E-state index in [-0.39, 0.29) is 17.6 Å². The van der Waals surface area contributed by atoms with Gasteiger partial charge in [0, 0.05) is 35.0 Å². The van der Waals surface area contributed by atoms with Crippen LogP contribution in [0, 0.1) is 5.41 Å². The highest BCUT2D eigenvalue weighted by atomic mass is 32.1. The highest BCUT2D eigenvalue weighted by molar-refractivity contribution is 7.18. The van der Waals surface area contributed by atoms with Crippen LogP contribution in [-0.4, -0.2) is 41.0 Å². The summed E-state index contributed by atoms with van der Waals surface area (Å²) >= 11 is 1.64. The van der Waals surface area contributed by atoms with E-state index in [1.807, 2.05) is 24.3 Å². The van der Waals surface area contributed by atoms with Gasteiger partial charge in [0.2, 0.25) is 0 Å². The quantitative estimate of drug-likeness (QED) is 0.419. The number of aromatic nitrogens is 2. The zero-order valence-corrected chi connectivity index (χ0v) is 20.7. The van der Waals surface area contributed by atoms with Crippen molar-refractivity contribution in [3.63, 3.8) is 0 Å². The van der Waals surface area contributed by atoms with Crippen LogP contribution in [0.5, 0.6) is 5.75 Å². The van der Waals surface area contributed by atoms with Crippen molar-refractivity contribution in [2.45, 2.75) is 45.7 Å². The summed E-state index contributed by atoms with van der Waals surface area (Å²) in [7, 11) is 1.67. The minimum Gasteiger partial charge on any atom is -0.496 e. The number of benzene rings is 2. The summed E-state index contributed by atoms with van der Waals surface area (Å²) in [6, 6.07) is 12.5. The van der Waals surface area contributed by atoms with Gasteiger partial charge in [-0.25, -0.2) is 4.98 Å². The van der Waals surface area contributed by atoms with Crippen LogP contribution in [0.1, 0.15) is 36.3 Å². The molecule has 2 heterocycles. The molecule has 2 N–H and O–H groups in total. The third kappa shape index (κ3) is 4.24. The summed E-state index contributed by atoms with van der Waals surface area (Å²) in [6.07, 6.45) is 4.42. The van der Waals surface area contributed by atoms with Crippen LogP contribution in [0.25, 0.3) is 21.0 Å². The maximum Gasteiger partial charge on any atom is 0.262 e. The first-order valence-corrected chi connectivity index (χ1v) is 12.6. The van der Waals surface area contributed by atoms with Gasteiger partial charge in [-0.2, -0.15) is 0 Å². The molecule has 7 heteroatoms. The van der Waals surface area contributed by atoms with Gasteiger partial charge in [0.1, 0.15) is 10.6 Å². The van der Waals surface area contributed by atoms with E-state index >= 15 is 0 Å². The summed E-state index contributed by atoms with van der Waals surface area (Å²) in [5.41, 5.74) is 2.03. The number of aliphatic hydroxyl groups excluding tert-OH is 1. The number of nitrogens with one attached hydrogen (secondary N) is 1. The van der Waals surface area contributed by atoms with Crippen LogP contribution >= 0.6 is 11.3 Å². The molecule has 5 rings (SSSR count). The van der Waals surface area contributed by atoms with Crippen LogP contribution in [0.3, 0.4) is 0 Å². The first-order chi connectivity index (χ1) is 16.4. The Bertz CT molecular complexity index is 1410. The largest absolute Gasteiger partial charge is 0.496 e. The summed E-state index contributed by atoms with van der Waals surface area (Å²) in [6.45, 7) is 5.46. The van der Waals surface area contributed by atoms with E-state index in [2.05, 4.69) is 36.3 Å². The van der Waals surface area contributed by atoms with Gasteiger partial charge in [0.15, 0.2) is 0 Å². The maximum absolute atomic E-state index is 13.6. The second kappa shape index (κ2) is 9.13. The molecule has 2 aromatic heterocycles. The molecule has 0 spiro atoms. The Kier molecular flexibility index (Phi) is 6.18. The first kappa shape index (κ1) is 23.0. The number of thiophene rings is 1. The lowest BCUT2D eigenvalue weighted by Gasteiger charge is -2.28. The third-order valence-corrected chi connectivity index (χ3v) is 8.04. The highest BCUT2D eigenvalue weighted by Gasteiger charge is 2.27. The van der Waals surface area contributed by atoms with Gasteiger partial charge in [-0.05, 0) is 41.7 Å². The Labute approximate surface area is 203 Å². The van der Waals surface area contributed by atoms with Gasteiger partial charge in [-0.1, -0.05) is 44.2 Å². The number of hydrogen-bond acceptors (Lipinski definition) is 6. The van der Waals surface area contributed by atoms with Gasteiger partial charge in [0.25, 0.3) is 5.56 Å². The summed E-state index contributed by atoms with van der Waals surface area (Å²) in [4.78, 5) is 20.4. The smallest absolute Gasteiger partial charge is 0.262 e. The molecule has 0 amide bonds. The molecule has 2 aromatic carbocycles. The molecule has 34 heavy (non-hydrogen) atoms. The predicted molar refractivity (Wildman–Crippen MR) is 138 cm³/mol. The Morgan fingerprint density at radius 1 is 1.26 bits per heavy atom. The Morgan fingerprint density at radius 3 is 2.88 bits per heavy atom.